The molecule has 0 bridgehead atoms. The van der Waals surface area contributed by atoms with Crippen molar-refractivity contribution in [1.82, 2.24) is 15.2 Å². The van der Waals surface area contributed by atoms with Gasteiger partial charge in [-0.05, 0) is 18.2 Å². The molecule has 0 spiro atoms. The van der Waals surface area contributed by atoms with Gasteiger partial charge in [-0.1, -0.05) is 12.1 Å². The summed E-state index contributed by atoms with van der Waals surface area (Å²) < 4.78 is 39.9. The van der Waals surface area contributed by atoms with Gasteiger partial charge in [0.1, 0.15) is 6.04 Å². The van der Waals surface area contributed by atoms with Crippen LogP contribution in [-0.4, -0.2) is 60.3 Å². The molecule has 1 unspecified atom stereocenters. The van der Waals surface area contributed by atoms with E-state index in [1.54, 1.807) is 4.90 Å². The smallest absolute Gasteiger partial charge is 0.355 e. The van der Waals surface area contributed by atoms with Crippen molar-refractivity contribution in [2.24, 2.45) is 0 Å². The SMILES string of the molecule is CNC(=O)c1cnc2c(c1)NC(=O)C1CN(C(=O)c3ccccc3C(F)(F)F)CCN21. The molecular formula is C20H18F3N5O3. The fraction of sp³-hybridized carbons (Fsp3) is 0.300. The van der Waals surface area contributed by atoms with Gasteiger partial charge in [-0.25, -0.2) is 4.98 Å². The first kappa shape index (κ1) is 20.6. The summed E-state index contributed by atoms with van der Waals surface area (Å²) in [7, 11) is 1.48. The van der Waals surface area contributed by atoms with Crippen LogP contribution in [0.2, 0.25) is 0 Å². The Morgan fingerprint density at radius 2 is 1.97 bits per heavy atom. The Bertz CT molecular complexity index is 1070. The molecule has 2 aromatic rings. The summed E-state index contributed by atoms with van der Waals surface area (Å²) in [5.41, 5.74) is -0.820. The van der Waals surface area contributed by atoms with Crippen LogP contribution in [0.3, 0.4) is 0 Å². The Morgan fingerprint density at radius 1 is 1.23 bits per heavy atom. The van der Waals surface area contributed by atoms with Crippen LogP contribution in [0, 0.1) is 0 Å². The summed E-state index contributed by atoms with van der Waals surface area (Å²) in [6.07, 6.45) is -3.29. The molecule has 1 fully saturated rings. The van der Waals surface area contributed by atoms with Crippen LogP contribution in [0.4, 0.5) is 24.7 Å². The van der Waals surface area contributed by atoms with Crippen molar-refractivity contribution in [2.45, 2.75) is 12.2 Å². The molecule has 8 nitrogen and oxygen atoms in total. The number of hydrogen-bond acceptors (Lipinski definition) is 5. The summed E-state index contributed by atoms with van der Waals surface area (Å²) in [6.45, 7) is 0.236. The van der Waals surface area contributed by atoms with Crippen molar-refractivity contribution >= 4 is 29.2 Å². The predicted molar refractivity (Wildman–Crippen MR) is 105 cm³/mol. The van der Waals surface area contributed by atoms with Crippen LogP contribution in [0.1, 0.15) is 26.3 Å². The number of piperazine rings is 1. The van der Waals surface area contributed by atoms with Crippen molar-refractivity contribution < 1.29 is 27.6 Å². The van der Waals surface area contributed by atoms with Gasteiger partial charge in [0.2, 0.25) is 5.91 Å². The van der Waals surface area contributed by atoms with Gasteiger partial charge in [0.05, 0.1) is 28.9 Å². The number of aromatic nitrogens is 1. The number of fused-ring (bicyclic) bond motifs is 3. The van der Waals surface area contributed by atoms with E-state index in [1.807, 2.05) is 0 Å². The molecule has 4 rings (SSSR count). The van der Waals surface area contributed by atoms with Gasteiger partial charge >= 0.3 is 6.18 Å². The summed E-state index contributed by atoms with van der Waals surface area (Å²) >= 11 is 0. The highest BCUT2D eigenvalue weighted by Crippen LogP contribution is 2.35. The molecule has 11 heteroatoms. The lowest BCUT2D eigenvalue weighted by Gasteiger charge is -2.44. The largest absolute Gasteiger partial charge is 0.417 e. The number of anilines is 2. The molecule has 1 saturated heterocycles. The minimum absolute atomic E-state index is 0.0881. The monoisotopic (exact) mass is 433 g/mol. The summed E-state index contributed by atoms with van der Waals surface area (Å²) in [4.78, 5) is 44.6. The molecule has 3 amide bonds. The minimum Gasteiger partial charge on any atom is -0.355 e. The number of alkyl halides is 3. The second-order valence-electron chi connectivity index (χ2n) is 7.17. The van der Waals surface area contributed by atoms with Gasteiger partial charge in [-0.2, -0.15) is 13.2 Å². The molecular weight excluding hydrogens is 415 g/mol. The lowest BCUT2D eigenvalue weighted by atomic mass is 10.0. The van der Waals surface area contributed by atoms with Crippen LogP contribution >= 0.6 is 0 Å². The zero-order chi connectivity index (χ0) is 22.3. The van der Waals surface area contributed by atoms with Crippen molar-refractivity contribution in [1.29, 1.82) is 0 Å². The molecule has 0 saturated carbocycles. The van der Waals surface area contributed by atoms with Crippen LogP contribution in [-0.2, 0) is 11.0 Å². The first-order valence-corrected chi connectivity index (χ1v) is 9.46. The summed E-state index contributed by atoms with van der Waals surface area (Å²) in [5, 5.41) is 5.15. The number of rotatable bonds is 2. The number of hydrogen-bond donors (Lipinski definition) is 2. The topological polar surface area (TPSA) is 94.6 Å². The summed E-state index contributed by atoms with van der Waals surface area (Å²) in [5.74, 6) is -1.12. The first-order chi connectivity index (χ1) is 14.7. The van der Waals surface area contributed by atoms with Crippen LogP contribution in [0.15, 0.2) is 36.5 Å². The number of carbonyl (C=O) groups is 3. The standard InChI is InChI=1S/C20H18F3N5O3/c1-24-17(29)11-8-14-16(25-9-11)28-7-6-27(10-15(28)18(30)26-14)19(31)12-4-2-3-5-13(12)20(21,22)23/h2-5,8-9,15H,6-7,10H2,1H3,(H,24,29)(H,26,30). The fourth-order valence-electron chi connectivity index (χ4n) is 3.80. The molecule has 162 valence electrons. The second-order valence-corrected chi connectivity index (χ2v) is 7.17. The molecule has 0 radical (unpaired) electrons. The highest BCUT2D eigenvalue weighted by atomic mass is 19.4. The van der Waals surface area contributed by atoms with Gasteiger partial charge in [0, 0.05) is 26.3 Å². The Balaban J connectivity index is 1.59. The zero-order valence-electron chi connectivity index (χ0n) is 16.4. The quantitative estimate of drug-likeness (QED) is 0.753. The molecule has 2 aliphatic rings. The maximum Gasteiger partial charge on any atom is 0.417 e. The van der Waals surface area contributed by atoms with Gasteiger partial charge in [-0.3, -0.25) is 14.4 Å². The third-order valence-corrected chi connectivity index (χ3v) is 5.32. The third kappa shape index (κ3) is 3.66. The zero-order valence-corrected chi connectivity index (χ0v) is 16.4. The van der Waals surface area contributed by atoms with Crippen LogP contribution in [0.25, 0.3) is 0 Å². The molecule has 31 heavy (non-hydrogen) atoms. The minimum atomic E-state index is -4.67. The number of amides is 3. The van der Waals surface area contributed by atoms with Crippen LogP contribution < -0.4 is 15.5 Å². The highest BCUT2D eigenvalue weighted by Gasteiger charge is 2.41. The molecule has 0 aliphatic carbocycles. The van der Waals surface area contributed by atoms with E-state index >= 15 is 0 Å². The maximum atomic E-state index is 13.3. The third-order valence-electron chi connectivity index (χ3n) is 5.32. The molecule has 1 aromatic heterocycles. The van der Waals surface area contributed by atoms with E-state index in [2.05, 4.69) is 15.6 Å². The van der Waals surface area contributed by atoms with Crippen molar-refractivity contribution in [3.05, 3.63) is 53.2 Å². The van der Waals surface area contributed by atoms with E-state index in [9.17, 15) is 27.6 Å². The van der Waals surface area contributed by atoms with Crippen LogP contribution in [0.5, 0.6) is 0 Å². The Morgan fingerprint density at radius 3 is 2.68 bits per heavy atom. The number of benzene rings is 1. The maximum absolute atomic E-state index is 13.3. The highest BCUT2D eigenvalue weighted by molar-refractivity contribution is 6.05. The predicted octanol–water partition coefficient (Wildman–Crippen LogP) is 1.74. The molecule has 3 heterocycles. The number of carbonyl (C=O) groups excluding carboxylic acids is 3. The van der Waals surface area contributed by atoms with Crippen molar-refractivity contribution in [3.8, 4) is 0 Å². The van der Waals surface area contributed by atoms with E-state index in [-0.39, 0.29) is 31.1 Å². The second kappa shape index (κ2) is 7.56. The Kier molecular flexibility index (Phi) is 5.03. The van der Waals surface area contributed by atoms with E-state index in [0.29, 0.717) is 11.5 Å². The lowest BCUT2D eigenvalue weighted by molar-refractivity contribution is -0.138. The number of halogens is 3. The normalized spacial score (nSPS) is 18.1. The Labute approximate surface area is 175 Å². The molecule has 2 N–H and O–H groups in total. The van der Waals surface area contributed by atoms with E-state index < -0.39 is 35.2 Å². The number of nitrogens with one attached hydrogen (secondary N) is 2. The van der Waals surface area contributed by atoms with Gasteiger partial charge in [-0.15, -0.1) is 0 Å². The molecule has 1 atom stereocenters. The van der Waals surface area contributed by atoms with E-state index in [0.717, 1.165) is 12.1 Å². The van der Waals surface area contributed by atoms with Gasteiger partial charge in [0.15, 0.2) is 5.82 Å². The van der Waals surface area contributed by atoms with Gasteiger partial charge in [0.25, 0.3) is 11.8 Å². The first-order valence-electron chi connectivity index (χ1n) is 9.46. The molecule has 1 aromatic carbocycles. The average Bonchev–Trinajstić information content (AvgIpc) is 2.77. The van der Waals surface area contributed by atoms with E-state index in [1.165, 1.54) is 36.3 Å². The molecule has 2 aliphatic heterocycles. The van der Waals surface area contributed by atoms with Crippen molar-refractivity contribution in [3.63, 3.8) is 0 Å². The Hall–Kier alpha value is -3.63. The number of nitrogens with zero attached hydrogens (tertiary/aromatic N) is 3. The number of pyridine rings is 1. The summed E-state index contributed by atoms with van der Waals surface area (Å²) in [6, 6.07) is 5.29. The van der Waals surface area contributed by atoms with Gasteiger partial charge < -0.3 is 20.4 Å². The lowest BCUT2D eigenvalue weighted by Crippen LogP contribution is -2.61. The van der Waals surface area contributed by atoms with Crippen molar-refractivity contribution in [2.75, 3.05) is 36.9 Å². The van der Waals surface area contributed by atoms with E-state index in [4.69, 9.17) is 0 Å². The fourth-order valence-corrected chi connectivity index (χ4v) is 3.80. The average molecular weight is 433 g/mol.